The molecule has 0 heterocycles. The smallest absolute Gasteiger partial charge is 0.0807 e. The molecule has 0 aromatic rings. The van der Waals surface area contributed by atoms with E-state index >= 15 is 0 Å². The van der Waals surface area contributed by atoms with E-state index in [1.165, 1.54) is 0 Å². The van der Waals surface area contributed by atoms with Gasteiger partial charge in [0.2, 0.25) is 0 Å². The molecule has 0 rings (SSSR count). The van der Waals surface area contributed by atoms with Crippen molar-refractivity contribution in [3.63, 3.8) is 0 Å². The molecule has 5 heteroatoms. The molecule has 120 valence electrons. The molecule has 0 bridgehead atoms. The Kier molecular flexibility index (Phi) is 22.4. The molecule has 0 radical (unpaired) electrons. The molecule has 19 heavy (non-hydrogen) atoms. The summed E-state index contributed by atoms with van der Waals surface area (Å²) in [4.78, 5) is 0. The number of aliphatic hydroxyl groups excluding tert-OH is 2. The van der Waals surface area contributed by atoms with Gasteiger partial charge in [-0.1, -0.05) is 28.7 Å². The second-order valence-electron chi connectivity index (χ2n) is 3.97. The molecule has 2 atom stereocenters. The highest BCUT2D eigenvalue weighted by molar-refractivity contribution is 4.57. The van der Waals surface area contributed by atoms with Gasteiger partial charge in [0.05, 0.1) is 38.6 Å². The molecule has 0 aromatic heterocycles. The maximum absolute atomic E-state index is 9.37. The van der Waals surface area contributed by atoms with E-state index in [0.29, 0.717) is 32.8 Å². The normalized spacial score (nSPS) is 13.3. The zero-order chi connectivity index (χ0) is 12.9. The van der Waals surface area contributed by atoms with Crippen LogP contribution in [0.1, 0.15) is 41.5 Å². The number of aliphatic hydroxyl groups is 2. The van der Waals surface area contributed by atoms with Gasteiger partial charge >= 0.3 is 0 Å². The Morgan fingerprint density at radius 1 is 1.05 bits per heavy atom. The first-order valence-electron chi connectivity index (χ1n) is 6.43. The van der Waals surface area contributed by atoms with E-state index in [0.717, 1.165) is 13.0 Å². The zero-order valence-electron chi connectivity index (χ0n) is 11.0. The Morgan fingerprint density at radius 2 is 1.74 bits per heavy atom. The standard InChI is InChI=1S/C12H27NO4.2CH4/c1-3-11(15)9-17-12(4-2)10-16-8-6-13-5-7-14;;/h11-15H,3-10H2,1-2H3;2*1H4. The highest BCUT2D eigenvalue weighted by Gasteiger charge is 2.09. The highest BCUT2D eigenvalue weighted by atomic mass is 16.5. The van der Waals surface area contributed by atoms with Gasteiger partial charge in [-0.15, -0.1) is 0 Å². The zero-order valence-corrected chi connectivity index (χ0v) is 11.0. The second kappa shape index (κ2) is 17.8. The van der Waals surface area contributed by atoms with E-state index in [2.05, 4.69) is 5.32 Å². The monoisotopic (exact) mass is 281 g/mol. The lowest BCUT2D eigenvalue weighted by Crippen LogP contribution is -2.27. The molecule has 0 fully saturated rings. The van der Waals surface area contributed by atoms with Crippen molar-refractivity contribution in [2.24, 2.45) is 0 Å². The molecule has 0 spiro atoms. The van der Waals surface area contributed by atoms with Crippen LogP contribution in [0.15, 0.2) is 0 Å². The summed E-state index contributed by atoms with van der Waals surface area (Å²) in [6.45, 7) is 6.98. The quantitative estimate of drug-likeness (QED) is 0.472. The fraction of sp³-hybridized carbons (Fsp3) is 1.00. The Labute approximate surface area is 119 Å². The first-order valence-corrected chi connectivity index (χ1v) is 6.43. The van der Waals surface area contributed by atoms with Crippen molar-refractivity contribution in [3.05, 3.63) is 0 Å². The van der Waals surface area contributed by atoms with Crippen LogP contribution >= 0.6 is 0 Å². The van der Waals surface area contributed by atoms with Crippen LogP contribution in [-0.4, -0.2) is 61.9 Å². The SMILES string of the molecule is C.C.CCC(O)COC(CC)COCCNCCO. The van der Waals surface area contributed by atoms with E-state index in [1.807, 2.05) is 13.8 Å². The Morgan fingerprint density at radius 3 is 2.26 bits per heavy atom. The number of rotatable bonds is 12. The van der Waals surface area contributed by atoms with Crippen LogP contribution in [0.3, 0.4) is 0 Å². The first kappa shape index (κ1) is 23.9. The van der Waals surface area contributed by atoms with Gasteiger partial charge in [0.25, 0.3) is 0 Å². The maximum Gasteiger partial charge on any atom is 0.0807 e. The highest BCUT2D eigenvalue weighted by Crippen LogP contribution is 2.01. The average molecular weight is 281 g/mol. The molecule has 0 aromatic carbocycles. The molecule has 0 amide bonds. The fourth-order valence-electron chi connectivity index (χ4n) is 1.21. The minimum atomic E-state index is -0.379. The molecule has 5 nitrogen and oxygen atoms in total. The topological polar surface area (TPSA) is 71.0 Å². The van der Waals surface area contributed by atoms with Crippen molar-refractivity contribution in [1.82, 2.24) is 5.32 Å². The predicted molar refractivity (Wildman–Crippen MR) is 80.6 cm³/mol. The van der Waals surface area contributed by atoms with Crippen LogP contribution in [-0.2, 0) is 9.47 Å². The van der Waals surface area contributed by atoms with Crippen LogP contribution in [0, 0.1) is 0 Å². The summed E-state index contributed by atoms with van der Waals surface area (Å²) in [6, 6.07) is 0. The van der Waals surface area contributed by atoms with Gasteiger partial charge in [0.1, 0.15) is 0 Å². The molecule has 3 N–H and O–H groups in total. The van der Waals surface area contributed by atoms with Crippen molar-refractivity contribution < 1.29 is 19.7 Å². The van der Waals surface area contributed by atoms with Gasteiger partial charge in [0, 0.05) is 13.1 Å². The van der Waals surface area contributed by atoms with E-state index in [-0.39, 0.29) is 33.7 Å². The molecule has 0 aliphatic heterocycles. The van der Waals surface area contributed by atoms with Crippen molar-refractivity contribution >= 4 is 0 Å². The lowest BCUT2D eigenvalue weighted by molar-refractivity contribution is -0.0498. The van der Waals surface area contributed by atoms with Gasteiger partial charge in [-0.05, 0) is 12.8 Å². The predicted octanol–water partition coefficient (Wildman–Crippen LogP) is 1.42. The minimum Gasteiger partial charge on any atom is -0.395 e. The van der Waals surface area contributed by atoms with Gasteiger partial charge in [-0.3, -0.25) is 0 Å². The van der Waals surface area contributed by atoms with Crippen LogP contribution < -0.4 is 5.32 Å². The molecule has 2 unspecified atom stereocenters. The minimum absolute atomic E-state index is 0. The Hall–Kier alpha value is -0.200. The van der Waals surface area contributed by atoms with Crippen molar-refractivity contribution in [2.75, 3.05) is 39.5 Å². The molecule has 0 saturated carbocycles. The van der Waals surface area contributed by atoms with E-state index in [4.69, 9.17) is 14.6 Å². The third-order valence-corrected chi connectivity index (χ3v) is 2.47. The molecule has 0 aliphatic rings. The number of hydrogen-bond acceptors (Lipinski definition) is 5. The third kappa shape index (κ3) is 15.7. The van der Waals surface area contributed by atoms with Gasteiger partial charge in [-0.25, -0.2) is 0 Å². The van der Waals surface area contributed by atoms with Gasteiger partial charge in [-0.2, -0.15) is 0 Å². The van der Waals surface area contributed by atoms with Crippen LogP contribution in [0.5, 0.6) is 0 Å². The summed E-state index contributed by atoms with van der Waals surface area (Å²) in [7, 11) is 0. The van der Waals surface area contributed by atoms with E-state index in [1.54, 1.807) is 0 Å². The summed E-state index contributed by atoms with van der Waals surface area (Å²) in [6.07, 6.45) is 1.26. The van der Waals surface area contributed by atoms with Gasteiger partial charge < -0.3 is 25.0 Å². The maximum atomic E-state index is 9.37. The van der Waals surface area contributed by atoms with Crippen molar-refractivity contribution in [1.29, 1.82) is 0 Å². The van der Waals surface area contributed by atoms with E-state index < -0.39 is 0 Å². The number of nitrogens with one attached hydrogen (secondary N) is 1. The molecular weight excluding hydrogens is 246 g/mol. The van der Waals surface area contributed by atoms with Crippen LogP contribution in [0.4, 0.5) is 0 Å². The average Bonchev–Trinajstić information content (AvgIpc) is 2.36. The number of ether oxygens (including phenoxy) is 2. The second-order valence-corrected chi connectivity index (χ2v) is 3.97. The van der Waals surface area contributed by atoms with Crippen molar-refractivity contribution in [2.45, 2.75) is 53.8 Å². The molecule has 0 saturated heterocycles. The van der Waals surface area contributed by atoms with Gasteiger partial charge in [0.15, 0.2) is 0 Å². The summed E-state index contributed by atoms with van der Waals surface area (Å²) in [5, 5.41) is 20.9. The largest absolute Gasteiger partial charge is 0.395 e. The van der Waals surface area contributed by atoms with Crippen LogP contribution in [0.25, 0.3) is 0 Å². The fourth-order valence-corrected chi connectivity index (χ4v) is 1.21. The Balaban J connectivity index is -0.00000128. The molecule has 0 aliphatic carbocycles. The first-order chi connectivity index (χ1) is 8.24. The Bertz CT molecular complexity index is 158. The summed E-state index contributed by atoms with van der Waals surface area (Å²) in [5.74, 6) is 0. The summed E-state index contributed by atoms with van der Waals surface area (Å²) >= 11 is 0. The lowest BCUT2D eigenvalue weighted by atomic mass is 10.2. The lowest BCUT2D eigenvalue weighted by Gasteiger charge is -2.18. The van der Waals surface area contributed by atoms with E-state index in [9.17, 15) is 5.11 Å². The summed E-state index contributed by atoms with van der Waals surface area (Å²) in [5.41, 5.74) is 0. The number of hydrogen-bond donors (Lipinski definition) is 3. The molecular formula is C14H35NO4. The third-order valence-electron chi connectivity index (χ3n) is 2.47. The summed E-state index contributed by atoms with van der Waals surface area (Å²) < 4.78 is 11.0. The van der Waals surface area contributed by atoms with Crippen molar-refractivity contribution in [3.8, 4) is 0 Å². The van der Waals surface area contributed by atoms with Crippen LogP contribution in [0.2, 0.25) is 0 Å².